The molecule has 9 nitrogen and oxygen atoms in total. The van der Waals surface area contributed by atoms with Crippen LogP contribution in [0.3, 0.4) is 0 Å². The van der Waals surface area contributed by atoms with Gasteiger partial charge in [-0.25, -0.2) is 23.7 Å². The molecule has 192 valence electrons. The third-order valence-corrected chi connectivity index (χ3v) is 6.81. The summed E-state index contributed by atoms with van der Waals surface area (Å²) < 4.78 is 32.8. The highest BCUT2D eigenvalue weighted by Gasteiger charge is 2.15. The fourth-order valence-electron chi connectivity index (χ4n) is 3.89. The molecule has 1 saturated heterocycles. The highest BCUT2D eigenvalue weighted by molar-refractivity contribution is 7.21. The van der Waals surface area contributed by atoms with E-state index in [2.05, 4.69) is 30.5 Å². The number of pyridine rings is 2. The zero-order valence-corrected chi connectivity index (χ0v) is 20.9. The summed E-state index contributed by atoms with van der Waals surface area (Å²) in [6, 6.07) is 10.3. The minimum absolute atomic E-state index is 0.175. The third kappa shape index (κ3) is 5.98. The molecule has 1 aliphatic rings. The molecule has 5 rings (SSSR count). The molecule has 0 radical (unpaired) electrons. The van der Waals surface area contributed by atoms with Gasteiger partial charge in [-0.2, -0.15) is 0 Å². The molecular weight excluding hydrogens is 500 g/mol. The maximum atomic E-state index is 14.2. The van der Waals surface area contributed by atoms with Crippen LogP contribution in [0.5, 0.6) is 0 Å². The number of aromatic nitrogens is 3. The lowest BCUT2D eigenvalue weighted by Gasteiger charge is -2.26. The van der Waals surface area contributed by atoms with Crippen LogP contribution in [0.2, 0.25) is 0 Å². The average molecular weight is 526 g/mol. The second-order valence-electron chi connectivity index (χ2n) is 8.43. The molecule has 0 aliphatic carbocycles. The number of carbonyl (C=O) groups is 1. The number of hydrogen-bond acceptors (Lipinski definition) is 9. The van der Waals surface area contributed by atoms with E-state index < -0.39 is 11.6 Å². The topological polar surface area (TPSA) is 95.5 Å². The van der Waals surface area contributed by atoms with Gasteiger partial charge >= 0.3 is 0 Å². The molecule has 4 heterocycles. The van der Waals surface area contributed by atoms with Gasteiger partial charge < -0.3 is 20.3 Å². The number of amides is 1. The lowest BCUT2D eigenvalue weighted by Crippen LogP contribution is -2.41. The van der Waals surface area contributed by atoms with E-state index in [4.69, 9.17) is 4.74 Å². The maximum absolute atomic E-state index is 14.2. The van der Waals surface area contributed by atoms with E-state index in [1.807, 2.05) is 0 Å². The van der Waals surface area contributed by atoms with Crippen LogP contribution in [0.4, 0.5) is 31.2 Å². The molecule has 1 aromatic carbocycles. The van der Waals surface area contributed by atoms with Crippen LogP contribution in [0.15, 0.2) is 48.7 Å². The summed E-state index contributed by atoms with van der Waals surface area (Å²) >= 11 is 1.31. The van der Waals surface area contributed by atoms with E-state index in [-0.39, 0.29) is 11.6 Å². The average Bonchev–Trinajstić information content (AvgIpc) is 3.31. The van der Waals surface area contributed by atoms with Gasteiger partial charge in [0.1, 0.15) is 33.6 Å². The van der Waals surface area contributed by atoms with E-state index in [0.717, 1.165) is 38.9 Å². The number of nitrogens with zero attached hydrogens (tertiary/aromatic N) is 5. The summed E-state index contributed by atoms with van der Waals surface area (Å²) in [6.45, 7) is 4.55. The van der Waals surface area contributed by atoms with Crippen molar-refractivity contribution in [3.63, 3.8) is 0 Å². The van der Waals surface area contributed by atoms with Gasteiger partial charge in [-0.1, -0.05) is 11.3 Å². The molecular formula is C25H25F2N7O2S. The number of halogens is 2. The van der Waals surface area contributed by atoms with Crippen molar-refractivity contribution in [3.05, 3.63) is 65.9 Å². The van der Waals surface area contributed by atoms with E-state index in [1.54, 1.807) is 36.2 Å². The van der Waals surface area contributed by atoms with Crippen LogP contribution in [-0.2, 0) is 4.74 Å². The number of nitrogens with one attached hydrogen (secondary N) is 2. The van der Waals surface area contributed by atoms with Crippen molar-refractivity contribution in [3.8, 4) is 0 Å². The van der Waals surface area contributed by atoms with E-state index in [0.29, 0.717) is 39.2 Å². The van der Waals surface area contributed by atoms with Crippen molar-refractivity contribution in [2.75, 3.05) is 56.7 Å². The van der Waals surface area contributed by atoms with Gasteiger partial charge in [-0.3, -0.25) is 9.69 Å². The number of hydrogen-bond donors (Lipinski definition) is 2. The molecule has 0 unspecified atom stereocenters. The fraction of sp³-hybridized carbons (Fsp3) is 0.280. The zero-order valence-electron chi connectivity index (χ0n) is 20.1. The summed E-state index contributed by atoms with van der Waals surface area (Å²) in [7, 11) is 1.66. The standard InChI is InChI=1S/C25H25F2N7O2S/c1-33(20-5-3-17(26)14-18(20)27)22-7-4-19-24(32-22)37-25(30-19)31-21-6-2-16(15-29-21)23(35)28-8-9-34-10-12-36-13-11-34/h2-7,14-15H,8-13H2,1H3,(H,28,35)(H,29,30,31). The lowest BCUT2D eigenvalue weighted by molar-refractivity contribution is 0.0383. The lowest BCUT2D eigenvalue weighted by atomic mass is 10.2. The number of carbonyl (C=O) groups excluding carboxylic acids is 1. The number of morpholine rings is 1. The Balaban J connectivity index is 1.20. The van der Waals surface area contributed by atoms with E-state index >= 15 is 0 Å². The number of anilines is 4. The molecule has 12 heteroatoms. The molecule has 0 atom stereocenters. The van der Waals surface area contributed by atoms with E-state index in [9.17, 15) is 13.6 Å². The summed E-state index contributed by atoms with van der Waals surface area (Å²) in [4.78, 5) is 30.3. The highest BCUT2D eigenvalue weighted by atomic mass is 32.1. The molecule has 37 heavy (non-hydrogen) atoms. The first-order valence-electron chi connectivity index (χ1n) is 11.7. The van der Waals surface area contributed by atoms with Gasteiger partial charge in [-0.05, 0) is 36.4 Å². The van der Waals surface area contributed by atoms with Crippen LogP contribution in [-0.4, -0.2) is 72.2 Å². The first-order chi connectivity index (χ1) is 18.0. The molecule has 4 aromatic rings. The number of rotatable bonds is 8. The molecule has 0 saturated carbocycles. The van der Waals surface area contributed by atoms with Crippen molar-refractivity contribution in [1.82, 2.24) is 25.2 Å². The molecule has 0 bridgehead atoms. The van der Waals surface area contributed by atoms with Gasteiger partial charge in [0.25, 0.3) is 5.91 Å². The largest absolute Gasteiger partial charge is 0.379 e. The van der Waals surface area contributed by atoms with Gasteiger partial charge in [0, 0.05) is 45.5 Å². The van der Waals surface area contributed by atoms with Crippen molar-refractivity contribution in [2.45, 2.75) is 0 Å². The van der Waals surface area contributed by atoms with Crippen LogP contribution in [0, 0.1) is 11.6 Å². The van der Waals surface area contributed by atoms with Gasteiger partial charge in [0.2, 0.25) is 0 Å². The summed E-state index contributed by atoms with van der Waals surface area (Å²) in [5.41, 5.74) is 1.35. The smallest absolute Gasteiger partial charge is 0.252 e. The predicted octanol–water partition coefficient (Wildman–Crippen LogP) is 3.94. The zero-order chi connectivity index (χ0) is 25.8. The Hall–Kier alpha value is -3.74. The van der Waals surface area contributed by atoms with E-state index in [1.165, 1.54) is 29.7 Å². The Morgan fingerprint density at radius 2 is 1.97 bits per heavy atom. The summed E-state index contributed by atoms with van der Waals surface area (Å²) in [5.74, 6) is -0.450. The Labute approximate surface area is 216 Å². The summed E-state index contributed by atoms with van der Waals surface area (Å²) in [6.07, 6.45) is 1.52. The van der Waals surface area contributed by atoms with Crippen molar-refractivity contribution >= 4 is 50.0 Å². The molecule has 1 fully saturated rings. The first kappa shape index (κ1) is 24.9. The van der Waals surface area contributed by atoms with Crippen LogP contribution in [0.1, 0.15) is 10.4 Å². The fourth-order valence-corrected chi connectivity index (χ4v) is 4.73. The maximum Gasteiger partial charge on any atom is 0.252 e. The second kappa shape index (κ2) is 11.1. The van der Waals surface area contributed by atoms with Crippen LogP contribution in [0.25, 0.3) is 10.3 Å². The molecule has 3 aromatic heterocycles. The number of ether oxygens (including phenoxy) is 1. The minimum atomic E-state index is -0.670. The van der Waals surface area contributed by atoms with Gasteiger partial charge in [-0.15, -0.1) is 0 Å². The highest BCUT2D eigenvalue weighted by Crippen LogP contribution is 2.31. The van der Waals surface area contributed by atoms with Crippen molar-refractivity contribution < 1.29 is 18.3 Å². The molecule has 1 aliphatic heterocycles. The van der Waals surface area contributed by atoms with Crippen molar-refractivity contribution in [2.24, 2.45) is 0 Å². The molecule has 1 amide bonds. The Kier molecular flexibility index (Phi) is 7.49. The number of benzene rings is 1. The minimum Gasteiger partial charge on any atom is -0.379 e. The van der Waals surface area contributed by atoms with Crippen molar-refractivity contribution in [1.29, 1.82) is 0 Å². The number of thiazole rings is 1. The Morgan fingerprint density at radius 1 is 1.14 bits per heavy atom. The molecule has 2 N–H and O–H groups in total. The SMILES string of the molecule is CN(c1ccc2nc(Nc3ccc(C(=O)NCCN4CCOCC4)cn3)sc2n1)c1ccc(F)cc1F. The third-order valence-electron chi connectivity index (χ3n) is 5.93. The monoisotopic (exact) mass is 525 g/mol. The predicted molar refractivity (Wildman–Crippen MR) is 139 cm³/mol. The Bertz CT molecular complexity index is 1390. The summed E-state index contributed by atoms with van der Waals surface area (Å²) in [5, 5.41) is 6.63. The quantitative estimate of drug-likeness (QED) is 0.357. The normalized spacial score (nSPS) is 14.0. The number of fused-ring (bicyclic) bond motifs is 1. The Morgan fingerprint density at radius 3 is 2.73 bits per heavy atom. The van der Waals surface area contributed by atoms with Crippen LogP contribution < -0.4 is 15.5 Å². The molecule has 0 spiro atoms. The first-order valence-corrected chi connectivity index (χ1v) is 12.6. The van der Waals surface area contributed by atoms with Crippen LogP contribution >= 0.6 is 11.3 Å². The second-order valence-corrected chi connectivity index (χ2v) is 9.41. The van der Waals surface area contributed by atoms with Gasteiger partial charge in [0.15, 0.2) is 5.13 Å². The van der Waals surface area contributed by atoms with Gasteiger partial charge in [0.05, 0.1) is 24.5 Å².